The van der Waals surface area contributed by atoms with Crippen LogP contribution in [0.5, 0.6) is 0 Å². The van der Waals surface area contributed by atoms with Crippen molar-refractivity contribution in [3.63, 3.8) is 0 Å². The van der Waals surface area contributed by atoms with Gasteiger partial charge in [0.1, 0.15) is 12.2 Å². The van der Waals surface area contributed by atoms with Gasteiger partial charge in [0.25, 0.3) is 0 Å². The number of carbonyl (C=O) groups excluding carboxylic acids is 3. The van der Waals surface area contributed by atoms with Crippen LogP contribution in [-0.2, 0) is 28.6 Å². The molecule has 1 saturated carbocycles. The number of ketones is 1. The molecule has 2 aliphatic heterocycles. The predicted molar refractivity (Wildman–Crippen MR) is 119 cm³/mol. The van der Waals surface area contributed by atoms with Crippen LogP contribution in [0.15, 0.2) is 46.3 Å². The lowest BCUT2D eigenvalue weighted by Crippen LogP contribution is -2.66. The second-order valence-corrected chi connectivity index (χ2v) is 11.2. The van der Waals surface area contributed by atoms with E-state index in [1.54, 1.807) is 18.6 Å². The molecule has 7 nitrogen and oxygen atoms in total. The molecule has 6 rings (SSSR count). The standard InChI is InChI=1S/C27H30O7/c1-13-15(14-7-9-32-12-14)10-16-20(13)27(4)17(11-19(29)31-5)26(3)18(28)6-8-25(2)22(26)21(23(27)33-16)34-24(25)30/h6-9,12,15-17,21-23H,10-11H2,1-5H3/t15-,16-,17-,21-,22+,23-,25-,26+,27-/m1/s1. The smallest absolute Gasteiger partial charge is 0.316 e. The summed E-state index contributed by atoms with van der Waals surface area (Å²) in [7, 11) is 1.37. The number of hydrogen-bond acceptors (Lipinski definition) is 7. The van der Waals surface area contributed by atoms with Gasteiger partial charge in [-0.2, -0.15) is 0 Å². The fraction of sp³-hybridized carbons (Fsp3) is 0.593. The molecule has 0 aromatic carbocycles. The molecule has 5 aliphatic rings. The zero-order valence-corrected chi connectivity index (χ0v) is 20.1. The van der Waals surface area contributed by atoms with E-state index in [0.29, 0.717) is 0 Å². The monoisotopic (exact) mass is 466 g/mol. The summed E-state index contributed by atoms with van der Waals surface area (Å²) in [6.45, 7) is 7.96. The Bertz CT molecular complexity index is 1160. The van der Waals surface area contributed by atoms with E-state index in [1.165, 1.54) is 18.8 Å². The Morgan fingerprint density at radius 2 is 1.97 bits per heavy atom. The molecule has 0 spiro atoms. The molecule has 180 valence electrons. The van der Waals surface area contributed by atoms with Crippen LogP contribution in [0, 0.1) is 28.1 Å². The lowest BCUT2D eigenvalue weighted by atomic mass is 9.42. The molecule has 3 fully saturated rings. The normalized spacial score (nSPS) is 46.3. The molecule has 0 amide bonds. The summed E-state index contributed by atoms with van der Waals surface area (Å²) in [5, 5.41) is 0. The number of esters is 2. The summed E-state index contributed by atoms with van der Waals surface area (Å²) >= 11 is 0. The summed E-state index contributed by atoms with van der Waals surface area (Å²) in [5.74, 6) is -1.46. The van der Waals surface area contributed by atoms with Crippen molar-refractivity contribution < 1.29 is 33.0 Å². The number of methoxy groups -OCH3 is 1. The molecule has 34 heavy (non-hydrogen) atoms. The molecule has 7 heteroatoms. The van der Waals surface area contributed by atoms with E-state index >= 15 is 0 Å². The predicted octanol–water partition coefficient (Wildman–Crippen LogP) is 3.74. The van der Waals surface area contributed by atoms with E-state index in [2.05, 4.69) is 13.8 Å². The van der Waals surface area contributed by atoms with Crippen LogP contribution in [0.1, 0.15) is 52.0 Å². The van der Waals surface area contributed by atoms with Crippen molar-refractivity contribution in [3.05, 3.63) is 47.5 Å². The van der Waals surface area contributed by atoms with Gasteiger partial charge in [-0.25, -0.2) is 0 Å². The number of fused-ring (bicyclic) bond motifs is 4. The average Bonchev–Trinajstić information content (AvgIpc) is 3.54. The fourth-order valence-corrected chi connectivity index (χ4v) is 8.41. The maximum atomic E-state index is 13.7. The number of carbonyl (C=O) groups is 3. The number of furan rings is 1. The third kappa shape index (κ3) is 2.34. The topological polar surface area (TPSA) is 92.0 Å². The molecular weight excluding hydrogens is 436 g/mol. The summed E-state index contributed by atoms with van der Waals surface area (Å²) in [6.07, 6.45) is 6.29. The van der Waals surface area contributed by atoms with Gasteiger partial charge in [-0.05, 0) is 49.5 Å². The van der Waals surface area contributed by atoms with Crippen molar-refractivity contribution in [1.29, 1.82) is 0 Å². The van der Waals surface area contributed by atoms with E-state index in [4.69, 9.17) is 18.6 Å². The minimum Gasteiger partial charge on any atom is -0.472 e. The Morgan fingerprint density at radius 1 is 1.21 bits per heavy atom. The second-order valence-electron chi connectivity index (χ2n) is 11.2. The Morgan fingerprint density at radius 3 is 2.65 bits per heavy atom. The highest BCUT2D eigenvalue weighted by Gasteiger charge is 2.77. The van der Waals surface area contributed by atoms with Crippen molar-refractivity contribution in [2.24, 2.45) is 28.1 Å². The Balaban J connectivity index is 1.58. The average molecular weight is 467 g/mol. The SMILES string of the molecule is COC(=O)C[C@H]1[C@]2(C)C3=C(C)[C@H](c4ccoc4)C[C@H]3O[C@@H]2[C@@H]2OC(=O)[C@]3(C)C=CC(=O)[C@@]1(C)[C@@H]23. The molecule has 0 unspecified atom stereocenters. The zero-order valence-electron chi connectivity index (χ0n) is 20.1. The molecule has 2 saturated heterocycles. The molecule has 0 bridgehead atoms. The van der Waals surface area contributed by atoms with E-state index in [-0.39, 0.29) is 36.2 Å². The number of allylic oxidation sites excluding steroid dienone is 2. The highest BCUT2D eigenvalue weighted by Crippen LogP contribution is 2.72. The summed E-state index contributed by atoms with van der Waals surface area (Å²) in [4.78, 5) is 39.6. The molecule has 1 aromatic rings. The first-order valence-electron chi connectivity index (χ1n) is 12.0. The molecule has 3 aliphatic carbocycles. The summed E-state index contributed by atoms with van der Waals surface area (Å²) < 4.78 is 23.2. The van der Waals surface area contributed by atoms with E-state index in [0.717, 1.165) is 17.6 Å². The summed E-state index contributed by atoms with van der Waals surface area (Å²) in [6, 6.07) is 1.97. The van der Waals surface area contributed by atoms with Gasteiger partial charge in [-0.15, -0.1) is 0 Å². The van der Waals surface area contributed by atoms with Crippen molar-refractivity contribution in [2.45, 2.75) is 64.8 Å². The van der Waals surface area contributed by atoms with Crippen LogP contribution >= 0.6 is 0 Å². The van der Waals surface area contributed by atoms with Crippen LogP contribution in [0.2, 0.25) is 0 Å². The Hall–Kier alpha value is -2.67. The molecule has 0 N–H and O–H groups in total. The Labute approximate surface area is 198 Å². The lowest BCUT2D eigenvalue weighted by molar-refractivity contribution is -0.190. The van der Waals surface area contributed by atoms with Crippen molar-refractivity contribution in [2.75, 3.05) is 7.11 Å². The first-order chi connectivity index (χ1) is 16.1. The minimum atomic E-state index is -0.987. The second kappa shape index (κ2) is 6.72. The molecule has 3 heterocycles. The highest BCUT2D eigenvalue weighted by atomic mass is 16.6. The molecule has 1 aromatic heterocycles. The molecule has 9 atom stereocenters. The van der Waals surface area contributed by atoms with Crippen LogP contribution < -0.4 is 0 Å². The van der Waals surface area contributed by atoms with E-state index < -0.39 is 40.3 Å². The quantitative estimate of drug-likeness (QED) is 0.495. The zero-order chi connectivity index (χ0) is 24.2. The van der Waals surface area contributed by atoms with Gasteiger partial charge in [0, 0.05) is 22.7 Å². The van der Waals surface area contributed by atoms with Crippen LogP contribution in [0.25, 0.3) is 0 Å². The van der Waals surface area contributed by atoms with E-state index in [9.17, 15) is 14.4 Å². The third-order valence-corrected chi connectivity index (χ3v) is 9.91. The van der Waals surface area contributed by atoms with Crippen molar-refractivity contribution >= 4 is 17.7 Å². The largest absolute Gasteiger partial charge is 0.472 e. The highest BCUT2D eigenvalue weighted by molar-refractivity contribution is 6.00. The van der Waals surface area contributed by atoms with Crippen LogP contribution in [-0.4, -0.2) is 43.1 Å². The molecule has 0 radical (unpaired) electrons. The van der Waals surface area contributed by atoms with Gasteiger partial charge in [-0.1, -0.05) is 25.5 Å². The Kier molecular flexibility index (Phi) is 4.31. The van der Waals surface area contributed by atoms with Gasteiger partial charge >= 0.3 is 11.9 Å². The first kappa shape index (κ1) is 21.8. The van der Waals surface area contributed by atoms with Gasteiger partial charge in [-0.3, -0.25) is 14.4 Å². The number of rotatable bonds is 3. The van der Waals surface area contributed by atoms with E-state index in [1.807, 2.05) is 19.9 Å². The van der Waals surface area contributed by atoms with Gasteiger partial charge < -0.3 is 18.6 Å². The van der Waals surface area contributed by atoms with Crippen LogP contribution in [0.4, 0.5) is 0 Å². The lowest BCUT2D eigenvalue weighted by Gasteiger charge is -2.59. The van der Waals surface area contributed by atoms with Gasteiger partial charge in [0.2, 0.25) is 0 Å². The molecular formula is C27H30O7. The van der Waals surface area contributed by atoms with Crippen molar-refractivity contribution in [1.82, 2.24) is 0 Å². The first-order valence-corrected chi connectivity index (χ1v) is 12.0. The maximum Gasteiger partial charge on any atom is 0.316 e. The number of ether oxygens (including phenoxy) is 3. The van der Waals surface area contributed by atoms with Crippen molar-refractivity contribution in [3.8, 4) is 0 Å². The van der Waals surface area contributed by atoms with Gasteiger partial charge in [0.15, 0.2) is 5.78 Å². The summed E-state index contributed by atoms with van der Waals surface area (Å²) in [5.41, 5.74) is 0.794. The third-order valence-electron chi connectivity index (χ3n) is 9.91. The minimum absolute atomic E-state index is 0.0658. The fourth-order valence-electron chi connectivity index (χ4n) is 8.41. The number of hydrogen-bond donors (Lipinski definition) is 0. The van der Waals surface area contributed by atoms with Crippen LogP contribution in [0.3, 0.4) is 0 Å². The van der Waals surface area contributed by atoms with Gasteiger partial charge in [0.05, 0.1) is 37.6 Å². The maximum absolute atomic E-state index is 13.7.